The molecule has 0 saturated heterocycles. The van der Waals surface area contributed by atoms with Crippen molar-refractivity contribution in [2.75, 3.05) is 24.3 Å². The van der Waals surface area contributed by atoms with Gasteiger partial charge in [-0.3, -0.25) is 9.59 Å². The van der Waals surface area contributed by atoms with Crippen molar-refractivity contribution in [1.82, 2.24) is 4.98 Å². The maximum absolute atomic E-state index is 12.3. The summed E-state index contributed by atoms with van der Waals surface area (Å²) in [6.07, 6.45) is 1.65. The minimum absolute atomic E-state index is 0.0119. The number of nitrogens with zero attached hydrogens (tertiary/aromatic N) is 1. The molecule has 0 radical (unpaired) electrons. The van der Waals surface area contributed by atoms with Crippen molar-refractivity contribution in [1.29, 1.82) is 0 Å². The van der Waals surface area contributed by atoms with Gasteiger partial charge in [0.05, 0.1) is 7.11 Å². The molecular weight excluding hydrogens is 316 g/mol. The average Bonchev–Trinajstić information content (AvgIpc) is 2.96. The molecule has 120 valence electrons. The van der Waals surface area contributed by atoms with Gasteiger partial charge in [0.1, 0.15) is 10.8 Å². The number of nitrogens with one attached hydrogen (secondary N) is 2. The first-order valence-electron chi connectivity index (χ1n) is 6.66. The van der Waals surface area contributed by atoms with Gasteiger partial charge >= 0.3 is 0 Å². The Bertz CT molecular complexity index is 742. The number of ether oxygens (including phenoxy) is 1. The van der Waals surface area contributed by atoms with Crippen molar-refractivity contribution >= 4 is 33.3 Å². The molecule has 7 nitrogen and oxygen atoms in total. The number of benzene rings is 1. The normalized spacial score (nSPS) is 9.96. The highest BCUT2D eigenvalue weighted by Gasteiger charge is 2.18. The zero-order valence-corrected chi connectivity index (χ0v) is 13.3. The molecule has 0 fully saturated rings. The van der Waals surface area contributed by atoms with E-state index in [0.717, 1.165) is 11.3 Å². The quantitative estimate of drug-likeness (QED) is 0.673. The van der Waals surface area contributed by atoms with E-state index in [1.54, 1.807) is 30.3 Å². The highest BCUT2D eigenvalue weighted by atomic mass is 32.1. The van der Waals surface area contributed by atoms with Crippen molar-refractivity contribution in [2.24, 2.45) is 5.73 Å². The predicted octanol–water partition coefficient (Wildman–Crippen LogP) is 2.10. The fourth-order valence-electron chi connectivity index (χ4n) is 1.75. The number of nitrogens with two attached hydrogens (primary N) is 1. The van der Waals surface area contributed by atoms with E-state index in [1.807, 2.05) is 0 Å². The van der Waals surface area contributed by atoms with Crippen molar-refractivity contribution in [3.8, 4) is 5.75 Å². The van der Waals surface area contributed by atoms with Crippen LogP contribution >= 0.6 is 11.3 Å². The Labute approximate surface area is 137 Å². The molecule has 0 bridgehead atoms. The van der Waals surface area contributed by atoms with E-state index < -0.39 is 5.91 Å². The number of methoxy groups -OCH3 is 1. The SMILES string of the molecule is C=CCNc1nc(C(N)=O)c(NC(=O)c2cccc(OC)c2)s1. The molecule has 1 heterocycles. The highest BCUT2D eigenvalue weighted by Crippen LogP contribution is 2.29. The maximum Gasteiger partial charge on any atom is 0.270 e. The second-order valence-electron chi connectivity index (χ2n) is 4.42. The van der Waals surface area contributed by atoms with Crippen molar-refractivity contribution in [3.63, 3.8) is 0 Å². The molecule has 0 spiro atoms. The number of primary amides is 1. The van der Waals surface area contributed by atoms with Crippen LogP contribution in [0.5, 0.6) is 5.75 Å². The molecule has 2 aromatic rings. The molecule has 0 saturated carbocycles. The standard InChI is InChI=1S/C15H16N4O3S/c1-3-7-17-15-18-11(12(16)20)14(23-15)19-13(21)9-5-4-6-10(8-9)22-2/h3-6,8H,1,7H2,2H3,(H2,16,20)(H,17,18)(H,19,21). The molecule has 0 unspecified atom stereocenters. The van der Waals surface area contributed by atoms with E-state index in [9.17, 15) is 9.59 Å². The van der Waals surface area contributed by atoms with Gasteiger partial charge in [0.2, 0.25) is 0 Å². The first-order valence-corrected chi connectivity index (χ1v) is 7.47. The molecule has 2 amide bonds. The van der Waals surface area contributed by atoms with E-state index in [4.69, 9.17) is 10.5 Å². The minimum atomic E-state index is -0.714. The van der Waals surface area contributed by atoms with Crippen LogP contribution < -0.4 is 21.1 Å². The van der Waals surface area contributed by atoms with Crippen LogP contribution in [0.1, 0.15) is 20.8 Å². The van der Waals surface area contributed by atoms with E-state index >= 15 is 0 Å². The number of thiazole rings is 1. The van der Waals surface area contributed by atoms with Crippen LogP contribution in [0.15, 0.2) is 36.9 Å². The number of rotatable bonds is 7. The zero-order chi connectivity index (χ0) is 16.8. The summed E-state index contributed by atoms with van der Waals surface area (Å²) in [4.78, 5) is 27.9. The Kier molecular flexibility index (Phi) is 5.32. The van der Waals surface area contributed by atoms with Crippen LogP contribution in [0, 0.1) is 0 Å². The second-order valence-corrected chi connectivity index (χ2v) is 5.42. The molecule has 0 aliphatic rings. The summed E-state index contributed by atoms with van der Waals surface area (Å²) in [5.74, 6) is -0.537. The molecule has 0 aliphatic heterocycles. The van der Waals surface area contributed by atoms with Crippen LogP contribution in [0.4, 0.5) is 10.1 Å². The Morgan fingerprint density at radius 1 is 1.48 bits per heavy atom. The van der Waals surface area contributed by atoms with E-state index in [2.05, 4.69) is 22.2 Å². The second kappa shape index (κ2) is 7.41. The molecule has 4 N–H and O–H groups in total. The van der Waals surface area contributed by atoms with E-state index in [0.29, 0.717) is 23.0 Å². The molecule has 1 aromatic heterocycles. The Hall–Kier alpha value is -2.87. The largest absolute Gasteiger partial charge is 0.497 e. The summed E-state index contributed by atoms with van der Waals surface area (Å²) < 4.78 is 5.08. The van der Waals surface area contributed by atoms with Gasteiger partial charge in [-0.2, -0.15) is 0 Å². The number of carbonyl (C=O) groups excluding carboxylic acids is 2. The van der Waals surface area contributed by atoms with Gasteiger partial charge in [-0.1, -0.05) is 23.5 Å². The number of aromatic nitrogens is 1. The maximum atomic E-state index is 12.3. The van der Waals surface area contributed by atoms with Crippen LogP contribution in [0.25, 0.3) is 0 Å². The first kappa shape index (κ1) is 16.5. The number of carbonyl (C=O) groups is 2. The molecule has 0 aliphatic carbocycles. The summed E-state index contributed by atoms with van der Waals surface area (Å²) in [6.45, 7) is 4.07. The zero-order valence-electron chi connectivity index (χ0n) is 12.5. The Balaban J connectivity index is 2.23. The third-order valence-electron chi connectivity index (χ3n) is 2.82. The third-order valence-corrected chi connectivity index (χ3v) is 3.75. The number of hydrogen-bond donors (Lipinski definition) is 3. The van der Waals surface area contributed by atoms with Crippen molar-refractivity contribution < 1.29 is 14.3 Å². The minimum Gasteiger partial charge on any atom is -0.497 e. The smallest absolute Gasteiger partial charge is 0.270 e. The van der Waals surface area contributed by atoms with Gasteiger partial charge in [-0.05, 0) is 18.2 Å². The van der Waals surface area contributed by atoms with Gasteiger partial charge in [0, 0.05) is 12.1 Å². The van der Waals surface area contributed by atoms with Gasteiger partial charge in [0.25, 0.3) is 11.8 Å². The van der Waals surface area contributed by atoms with Gasteiger partial charge in [-0.25, -0.2) is 4.98 Å². The summed E-state index contributed by atoms with van der Waals surface area (Å²) >= 11 is 1.13. The van der Waals surface area contributed by atoms with E-state index in [1.165, 1.54) is 7.11 Å². The van der Waals surface area contributed by atoms with Gasteiger partial charge in [0.15, 0.2) is 10.8 Å². The molecule has 0 atom stereocenters. The molecule has 1 aromatic carbocycles. The molecule has 23 heavy (non-hydrogen) atoms. The Morgan fingerprint density at radius 3 is 2.91 bits per heavy atom. The van der Waals surface area contributed by atoms with Gasteiger partial charge in [-0.15, -0.1) is 6.58 Å². The predicted molar refractivity (Wildman–Crippen MR) is 90.3 cm³/mol. The lowest BCUT2D eigenvalue weighted by Gasteiger charge is -2.05. The van der Waals surface area contributed by atoms with Crippen LogP contribution in [0.2, 0.25) is 0 Å². The summed E-state index contributed by atoms with van der Waals surface area (Å²) in [6, 6.07) is 6.67. The van der Waals surface area contributed by atoms with Crippen LogP contribution in [-0.4, -0.2) is 30.5 Å². The van der Waals surface area contributed by atoms with Crippen molar-refractivity contribution in [2.45, 2.75) is 0 Å². The highest BCUT2D eigenvalue weighted by molar-refractivity contribution is 7.20. The van der Waals surface area contributed by atoms with Crippen LogP contribution in [-0.2, 0) is 0 Å². The third kappa shape index (κ3) is 4.07. The fraction of sp³-hybridized carbons (Fsp3) is 0.133. The summed E-state index contributed by atoms with van der Waals surface area (Å²) in [5.41, 5.74) is 5.71. The van der Waals surface area contributed by atoms with Crippen LogP contribution in [0.3, 0.4) is 0 Å². The summed E-state index contributed by atoms with van der Waals surface area (Å²) in [7, 11) is 1.52. The lowest BCUT2D eigenvalue weighted by atomic mass is 10.2. The number of hydrogen-bond acceptors (Lipinski definition) is 6. The lowest BCUT2D eigenvalue weighted by Crippen LogP contribution is -2.17. The average molecular weight is 332 g/mol. The first-order chi connectivity index (χ1) is 11.0. The number of anilines is 2. The molecular formula is C15H16N4O3S. The molecule has 8 heteroatoms. The van der Waals surface area contributed by atoms with E-state index in [-0.39, 0.29) is 16.6 Å². The lowest BCUT2D eigenvalue weighted by molar-refractivity contribution is 0.0997. The monoisotopic (exact) mass is 332 g/mol. The van der Waals surface area contributed by atoms with Gasteiger partial charge < -0.3 is 21.1 Å². The topological polar surface area (TPSA) is 106 Å². The molecule has 2 rings (SSSR count). The number of amides is 2. The summed E-state index contributed by atoms with van der Waals surface area (Å²) in [5, 5.41) is 6.36. The Morgan fingerprint density at radius 2 is 2.26 bits per heavy atom. The fourth-order valence-corrected chi connectivity index (χ4v) is 2.62. The van der Waals surface area contributed by atoms with Crippen molar-refractivity contribution in [3.05, 3.63) is 48.2 Å².